The van der Waals surface area contributed by atoms with Crippen molar-refractivity contribution in [3.63, 3.8) is 0 Å². The lowest BCUT2D eigenvalue weighted by Gasteiger charge is -2.03. The SMILES string of the molecule is COC(=O)c1ccc(CO/N=C(/N)CC(C)C)o1. The lowest BCUT2D eigenvalue weighted by atomic mass is 10.1. The van der Waals surface area contributed by atoms with E-state index in [-0.39, 0.29) is 12.4 Å². The molecule has 1 aromatic heterocycles. The van der Waals surface area contributed by atoms with Crippen LogP contribution in [0, 0.1) is 5.92 Å². The molecule has 0 aliphatic heterocycles. The number of carbonyl (C=O) groups excluding carboxylic acids is 1. The van der Waals surface area contributed by atoms with Crippen LogP contribution in [-0.2, 0) is 16.2 Å². The van der Waals surface area contributed by atoms with Crippen molar-refractivity contribution in [3.05, 3.63) is 23.7 Å². The Kier molecular flexibility index (Phi) is 5.23. The summed E-state index contributed by atoms with van der Waals surface area (Å²) in [5, 5.41) is 3.75. The van der Waals surface area contributed by atoms with Gasteiger partial charge in [-0.25, -0.2) is 4.79 Å². The number of nitrogens with two attached hydrogens (primary N) is 1. The molecular formula is C12H18N2O4. The van der Waals surface area contributed by atoms with Crippen LogP contribution < -0.4 is 5.73 Å². The molecule has 1 aromatic rings. The fourth-order valence-corrected chi connectivity index (χ4v) is 1.30. The predicted molar refractivity (Wildman–Crippen MR) is 65.9 cm³/mol. The summed E-state index contributed by atoms with van der Waals surface area (Å²) >= 11 is 0. The summed E-state index contributed by atoms with van der Waals surface area (Å²) in [5.41, 5.74) is 5.63. The Morgan fingerprint density at radius 1 is 1.50 bits per heavy atom. The van der Waals surface area contributed by atoms with Gasteiger partial charge in [0.05, 0.1) is 7.11 Å². The van der Waals surface area contributed by atoms with Gasteiger partial charge in [-0.1, -0.05) is 19.0 Å². The van der Waals surface area contributed by atoms with Crippen LogP contribution >= 0.6 is 0 Å². The van der Waals surface area contributed by atoms with Crippen LogP contribution in [0.3, 0.4) is 0 Å². The molecule has 0 saturated carbocycles. The van der Waals surface area contributed by atoms with Crippen molar-refractivity contribution in [1.29, 1.82) is 0 Å². The van der Waals surface area contributed by atoms with Gasteiger partial charge in [-0.15, -0.1) is 0 Å². The highest BCUT2D eigenvalue weighted by atomic mass is 16.6. The van der Waals surface area contributed by atoms with Crippen molar-refractivity contribution in [1.82, 2.24) is 0 Å². The fraction of sp³-hybridized carbons (Fsp3) is 0.500. The van der Waals surface area contributed by atoms with Gasteiger partial charge in [-0.05, 0) is 18.1 Å². The van der Waals surface area contributed by atoms with Crippen LogP contribution in [0.15, 0.2) is 21.7 Å². The van der Waals surface area contributed by atoms with Crippen LogP contribution in [-0.4, -0.2) is 18.9 Å². The Morgan fingerprint density at radius 2 is 2.22 bits per heavy atom. The first-order valence-electron chi connectivity index (χ1n) is 5.64. The normalized spacial score (nSPS) is 11.7. The first-order chi connectivity index (χ1) is 8.52. The quantitative estimate of drug-likeness (QED) is 0.362. The number of hydrogen-bond donors (Lipinski definition) is 1. The van der Waals surface area contributed by atoms with Crippen LogP contribution in [0.4, 0.5) is 0 Å². The average molecular weight is 254 g/mol. The molecule has 0 aromatic carbocycles. The van der Waals surface area contributed by atoms with Crippen molar-refractivity contribution >= 4 is 11.8 Å². The van der Waals surface area contributed by atoms with Crippen molar-refractivity contribution in [3.8, 4) is 0 Å². The highest BCUT2D eigenvalue weighted by Gasteiger charge is 2.11. The minimum Gasteiger partial charge on any atom is -0.463 e. The van der Waals surface area contributed by atoms with Crippen molar-refractivity contribution < 1.29 is 18.8 Å². The molecule has 0 aliphatic carbocycles. The largest absolute Gasteiger partial charge is 0.463 e. The molecule has 0 bridgehead atoms. The van der Waals surface area contributed by atoms with Gasteiger partial charge in [0.2, 0.25) is 5.76 Å². The van der Waals surface area contributed by atoms with Crippen LogP contribution in [0.2, 0.25) is 0 Å². The Labute approximate surface area is 106 Å². The Hall–Kier alpha value is -1.98. The number of furan rings is 1. The standard InChI is InChI=1S/C12H18N2O4/c1-8(2)6-11(13)14-17-7-9-4-5-10(18-9)12(15)16-3/h4-5,8H,6-7H2,1-3H3,(H2,13,14). The number of rotatable bonds is 6. The molecule has 1 rings (SSSR count). The minimum absolute atomic E-state index is 0.121. The highest BCUT2D eigenvalue weighted by Crippen LogP contribution is 2.10. The summed E-state index contributed by atoms with van der Waals surface area (Å²) in [6, 6.07) is 3.14. The number of ether oxygens (including phenoxy) is 1. The van der Waals surface area contributed by atoms with Crippen LogP contribution in [0.25, 0.3) is 0 Å². The third-order valence-corrected chi connectivity index (χ3v) is 2.05. The number of carbonyl (C=O) groups is 1. The molecule has 1 heterocycles. The molecule has 0 radical (unpaired) electrons. The van der Waals surface area contributed by atoms with E-state index in [2.05, 4.69) is 9.89 Å². The summed E-state index contributed by atoms with van der Waals surface area (Å²) in [4.78, 5) is 16.2. The zero-order valence-corrected chi connectivity index (χ0v) is 10.8. The Bertz CT molecular complexity index is 423. The summed E-state index contributed by atoms with van der Waals surface area (Å²) in [6.45, 7) is 4.20. The molecule has 0 fully saturated rings. The topological polar surface area (TPSA) is 87.0 Å². The molecule has 0 atom stereocenters. The van der Waals surface area contributed by atoms with E-state index in [1.165, 1.54) is 13.2 Å². The van der Waals surface area contributed by atoms with Crippen LogP contribution in [0.1, 0.15) is 36.6 Å². The number of esters is 1. The second kappa shape index (κ2) is 6.68. The van der Waals surface area contributed by atoms with E-state index in [9.17, 15) is 4.79 Å². The summed E-state index contributed by atoms with van der Waals surface area (Å²) in [6.07, 6.45) is 0.672. The first-order valence-corrected chi connectivity index (χ1v) is 5.64. The second-order valence-electron chi connectivity index (χ2n) is 4.21. The third-order valence-electron chi connectivity index (χ3n) is 2.05. The lowest BCUT2D eigenvalue weighted by molar-refractivity contribution is 0.0553. The maximum atomic E-state index is 11.1. The van der Waals surface area contributed by atoms with Crippen molar-refractivity contribution in [2.45, 2.75) is 26.9 Å². The summed E-state index contributed by atoms with van der Waals surface area (Å²) in [7, 11) is 1.29. The lowest BCUT2D eigenvalue weighted by Crippen LogP contribution is -2.14. The predicted octanol–water partition coefficient (Wildman–Crippen LogP) is 1.90. The molecule has 0 saturated heterocycles. The molecule has 0 aliphatic rings. The fourth-order valence-electron chi connectivity index (χ4n) is 1.30. The molecule has 6 nitrogen and oxygen atoms in total. The molecule has 0 unspecified atom stereocenters. The van der Waals surface area contributed by atoms with Gasteiger partial charge in [0.15, 0.2) is 6.61 Å². The highest BCUT2D eigenvalue weighted by molar-refractivity contribution is 5.86. The van der Waals surface area contributed by atoms with Gasteiger partial charge in [0.1, 0.15) is 11.6 Å². The van der Waals surface area contributed by atoms with E-state index < -0.39 is 5.97 Å². The van der Waals surface area contributed by atoms with Gasteiger partial charge < -0.3 is 19.7 Å². The third kappa shape index (κ3) is 4.48. The number of hydrogen-bond acceptors (Lipinski definition) is 5. The molecule has 100 valence electrons. The summed E-state index contributed by atoms with van der Waals surface area (Å²) in [5.74, 6) is 0.951. The zero-order chi connectivity index (χ0) is 13.5. The van der Waals surface area contributed by atoms with Gasteiger partial charge in [-0.3, -0.25) is 0 Å². The number of nitrogens with zero attached hydrogens (tertiary/aromatic N) is 1. The van der Waals surface area contributed by atoms with Gasteiger partial charge in [0.25, 0.3) is 0 Å². The molecule has 0 spiro atoms. The average Bonchev–Trinajstić information content (AvgIpc) is 2.75. The maximum absolute atomic E-state index is 11.1. The molecule has 18 heavy (non-hydrogen) atoms. The smallest absolute Gasteiger partial charge is 0.373 e. The zero-order valence-electron chi connectivity index (χ0n) is 10.8. The second-order valence-corrected chi connectivity index (χ2v) is 4.21. The number of oxime groups is 1. The minimum atomic E-state index is -0.524. The van der Waals surface area contributed by atoms with Gasteiger partial charge in [0, 0.05) is 6.42 Å². The Balaban J connectivity index is 2.44. The first kappa shape index (κ1) is 14.1. The van der Waals surface area contributed by atoms with E-state index in [1.54, 1.807) is 6.07 Å². The summed E-state index contributed by atoms with van der Waals surface area (Å²) < 4.78 is 9.70. The van der Waals surface area contributed by atoms with Gasteiger partial charge >= 0.3 is 5.97 Å². The number of amidine groups is 1. The van der Waals surface area contributed by atoms with E-state index >= 15 is 0 Å². The molecular weight excluding hydrogens is 236 g/mol. The molecule has 0 amide bonds. The van der Waals surface area contributed by atoms with E-state index in [1.807, 2.05) is 13.8 Å². The van der Waals surface area contributed by atoms with E-state index in [0.29, 0.717) is 23.9 Å². The van der Waals surface area contributed by atoms with E-state index in [4.69, 9.17) is 15.0 Å². The van der Waals surface area contributed by atoms with E-state index in [0.717, 1.165) is 0 Å². The Morgan fingerprint density at radius 3 is 2.83 bits per heavy atom. The number of methoxy groups -OCH3 is 1. The van der Waals surface area contributed by atoms with Crippen LogP contribution in [0.5, 0.6) is 0 Å². The van der Waals surface area contributed by atoms with Gasteiger partial charge in [-0.2, -0.15) is 0 Å². The maximum Gasteiger partial charge on any atom is 0.373 e. The monoisotopic (exact) mass is 254 g/mol. The molecule has 2 N–H and O–H groups in total. The van der Waals surface area contributed by atoms with Crippen molar-refractivity contribution in [2.75, 3.05) is 7.11 Å². The molecule has 6 heteroatoms. The van der Waals surface area contributed by atoms with Crippen molar-refractivity contribution in [2.24, 2.45) is 16.8 Å².